The summed E-state index contributed by atoms with van der Waals surface area (Å²) >= 11 is 0. The maximum absolute atomic E-state index is 3.62. The Labute approximate surface area is 131 Å². The molecule has 0 atom stereocenters. The number of allylic oxidation sites excluding steroid dienone is 1. The standard InChI is InChI=1S/C21H19N/c1-15-9-10-17-11-12-21-19(20(17)13-15)8-4-7-16-5-2-3-6-18(16)14-22-21/h2-6,8-13,22H,7,14H2,1H3/b8-4-. The summed E-state index contributed by atoms with van der Waals surface area (Å²) in [6.45, 7) is 3.03. The molecule has 0 fully saturated rings. The van der Waals surface area contributed by atoms with Gasteiger partial charge in [0.1, 0.15) is 0 Å². The van der Waals surface area contributed by atoms with E-state index in [4.69, 9.17) is 0 Å². The number of hydrogen-bond acceptors (Lipinski definition) is 1. The molecule has 0 saturated carbocycles. The highest BCUT2D eigenvalue weighted by atomic mass is 14.9. The lowest BCUT2D eigenvalue weighted by Gasteiger charge is -2.13. The number of rotatable bonds is 0. The molecular weight excluding hydrogens is 266 g/mol. The highest BCUT2D eigenvalue weighted by Gasteiger charge is 2.09. The maximum Gasteiger partial charge on any atom is 0.0422 e. The first-order chi connectivity index (χ1) is 10.8. The fourth-order valence-corrected chi connectivity index (χ4v) is 3.21. The van der Waals surface area contributed by atoms with Gasteiger partial charge in [0, 0.05) is 17.8 Å². The zero-order chi connectivity index (χ0) is 14.9. The highest BCUT2D eigenvalue weighted by Crippen LogP contribution is 2.30. The van der Waals surface area contributed by atoms with Gasteiger partial charge in [-0.3, -0.25) is 0 Å². The molecule has 1 aliphatic rings. The second-order valence-electron chi connectivity index (χ2n) is 5.98. The molecule has 108 valence electrons. The van der Waals surface area contributed by atoms with E-state index >= 15 is 0 Å². The number of anilines is 1. The molecule has 1 aliphatic heterocycles. The molecule has 0 radical (unpaired) electrons. The average Bonchev–Trinajstić information content (AvgIpc) is 2.63. The van der Waals surface area contributed by atoms with Crippen LogP contribution in [0, 0.1) is 6.92 Å². The fourth-order valence-electron chi connectivity index (χ4n) is 3.21. The molecule has 0 spiro atoms. The van der Waals surface area contributed by atoms with E-state index in [1.807, 2.05) is 0 Å². The lowest BCUT2D eigenvalue weighted by Crippen LogP contribution is -2.03. The topological polar surface area (TPSA) is 12.0 Å². The van der Waals surface area contributed by atoms with Crippen molar-refractivity contribution >= 4 is 22.5 Å². The van der Waals surface area contributed by atoms with Crippen LogP contribution in [0.2, 0.25) is 0 Å². The van der Waals surface area contributed by atoms with Crippen molar-refractivity contribution in [2.24, 2.45) is 0 Å². The van der Waals surface area contributed by atoms with E-state index in [9.17, 15) is 0 Å². The Kier molecular flexibility index (Phi) is 3.19. The number of benzene rings is 3. The number of fused-ring (bicyclic) bond motifs is 4. The third-order valence-electron chi connectivity index (χ3n) is 4.43. The smallest absolute Gasteiger partial charge is 0.0422 e. The van der Waals surface area contributed by atoms with Crippen LogP contribution < -0.4 is 5.32 Å². The van der Waals surface area contributed by atoms with Gasteiger partial charge in [0.15, 0.2) is 0 Å². The molecule has 3 aromatic carbocycles. The Bertz CT molecular complexity index is 874. The predicted molar refractivity (Wildman–Crippen MR) is 95.2 cm³/mol. The van der Waals surface area contributed by atoms with E-state index in [2.05, 4.69) is 79.0 Å². The second kappa shape index (κ2) is 5.34. The van der Waals surface area contributed by atoms with E-state index in [0.29, 0.717) is 0 Å². The first-order valence-corrected chi connectivity index (χ1v) is 7.82. The molecule has 0 bridgehead atoms. The van der Waals surface area contributed by atoms with Crippen molar-refractivity contribution in [2.75, 3.05) is 5.32 Å². The molecule has 3 aromatic rings. The Morgan fingerprint density at radius 3 is 2.64 bits per heavy atom. The van der Waals surface area contributed by atoms with Crippen molar-refractivity contribution in [3.63, 3.8) is 0 Å². The van der Waals surface area contributed by atoms with Crippen LogP contribution in [0.3, 0.4) is 0 Å². The summed E-state index contributed by atoms with van der Waals surface area (Å²) in [7, 11) is 0. The van der Waals surface area contributed by atoms with Crippen molar-refractivity contribution < 1.29 is 0 Å². The van der Waals surface area contributed by atoms with Crippen LogP contribution in [0.15, 0.2) is 60.7 Å². The molecule has 0 aliphatic carbocycles. The Morgan fingerprint density at radius 1 is 0.909 bits per heavy atom. The molecule has 0 amide bonds. The maximum atomic E-state index is 3.62. The van der Waals surface area contributed by atoms with Crippen LogP contribution in [0.25, 0.3) is 16.8 Å². The first kappa shape index (κ1) is 13.1. The predicted octanol–water partition coefficient (Wildman–Crippen LogP) is 5.33. The molecule has 0 saturated heterocycles. The van der Waals surface area contributed by atoms with Crippen LogP contribution in [0.5, 0.6) is 0 Å². The van der Waals surface area contributed by atoms with Crippen LogP contribution in [-0.2, 0) is 13.0 Å². The van der Waals surface area contributed by atoms with Gasteiger partial charge in [0.05, 0.1) is 0 Å². The van der Waals surface area contributed by atoms with Gasteiger partial charge < -0.3 is 5.32 Å². The van der Waals surface area contributed by atoms with E-state index in [-0.39, 0.29) is 0 Å². The fraction of sp³-hybridized carbons (Fsp3) is 0.143. The summed E-state index contributed by atoms with van der Waals surface area (Å²) < 4.78 is 0. The third kappa shape index (κ3) is 2.29. The minimum Gasteiger partial charge on any atom is -0.380 e. The quantitative estimate of drug-likeness (QED) is 0.588. The summed E-state index contributed by atoms with van der Waals surface area (Å²) in [5.74, 6) is 0. The number of nitrogens with one attached hydrogen (secondary N) is 1. The lowest BCUT2D eigenvalue weighted by molar-refractivity contribution is 1.09. The largest absolute Gasteiger partial charge is 0.380 e. The zero-order valence-corrected chi connectivity index (χ0v) is 12.8. The van der Waals surface area contributed by atoms with Gasteiger partial charge in [-0.1, -0.05) is 66.2 Å². The molecule has 0 unspecified atom stereocenters. The summed E-state index contributed by atoms with van der Waals surface area (Å²) in [4.78, 5) is 0. The van der Waals surface area contributed by atoms with Gasteiger partial charge in [0.25, 0.3) is 0 Å². The molecule has 0 aromatic heterocycles. The molecule has 1 N–H and O–H groups in total. The Hall–Kier alpha value is -2.54. The van der Waals surface area contributed by atoms with Crippen LogP contribution in [0.1, 0.15) is 22.3 Å². The SMILES string of the molecule is Cc1ccc2ccc3c(c2c1)/C=C\Cc1ccccc1CN3. The summed E-state index contributed by atoms with van der Waals surface area (Å²) in [5.41, 5.74) is 6.60. The molecule has 4 rings (SSSR count). The van der Waals surface area contributed by atoms with E-state index in [1.54, 1.807) is 0 Å². The van der Waals surface area contributed by atoms with Crippen LogP contribution >= 0.6 is 0 Å². The van der Waals surface area contributed by atoms with Crippen LogP contribution in [0.4, 0.5) is 5.69 Å². The van der Waals surface area contributed by atoms with Crippen molar-refractivity contribution in [1.29, 1.82) is 0 Å². The molecule has 1 nitrogen and oxygen atoms in total. The third-order valence-corrected chi connectivity index (χ3v) is 4.43. The van der Waals surface area contributed by atoms with E-state index < -0.39 is 0 Å². The molecular formula is C21H19N. The highest BCUT2D eigenvalue weighted by molar-refractivity contribution is 5.96. The van der Waals surface area contributed by atoms with E-state index in [1.165, 1.54) is 38.7 Å². The molecule has 1 heteroatoms. The minimum absolute atomic E-state index is 0.877. The van der Waals surface area contributed by atoms with E-state index in [0.717, 1.165) is 13.0 Å². The molecule has 22 heavy (non-hydrogen) atoms. The summed E-state index contributed by atoms with van der Waals surface area (Å²) in [5, 5.41) is 6.25. The Morgan fingerprint density at radius 2 is 1.73 bits per heavy atom. The first-order valence-electron chi connectivity index (χ1n) is 7.82. The minimum atomic E-state index is 0.877. The second-order valence-corrected chi connectivity index (χ2v) is 5.98. The van der Waals surface area contributed by atoms with Crippen molar-refractivity contribution in [1.82, 2.24) is 0 Å². The van der Waals surface area contributed by atoms with Gasteiger partial charge in [-0.05, 0) is 41.3 Å². The summed E-state index contributed by atoms with van der Waals surface area (Å²) in [6.07, 6.45) is 5.54. The average molecular weight is 285 g/mol. The van der Waals surface area contributed by atoms with Gasteiger partial charge in [-0.25, -0.2) is 0 Å². The Balaban J connectivity index is 1.88. The monoisotopic (exact) mass is 285 g/mol. The van der Waals surface area contributed by atoms with Gasteiger partial charge in [-0.15, -0.1) is 0 Å². The van der Waals surface area contributed by atoms with Crippen molar-refractivity contribution in [2.45, 2.75) is 19.9 Å². The molecule has 1 heterocycles. The van der Waals surface area contributed by atoms with Crippen molar-refractivity contribution in [3.05, 3.63) is 82.9 Å². The van der Waals surface area contributed by atoms with Crippen LogP contribution in [-0.4, -0.2) is 0 Å². The van der Waals surface area contributed by atoms with Gasteiger partial charge >= 0.3 is 0 Å². The summed E-state index contributed by atoms with van der Waals surface area (Å²) in [6, 6.07) is 19.8. The number of aryl methyl sites for hydroxylation is 1. The zero-order valence-electron chi connectivity index (χ0n) is 12.8. The lowest BCUT2D eigenvalue weighted by atomic mass is 10.00. The van der Waals surface area contributed by atoms with Crippen molar-refractivity contribution in [3.8, 4) is 0 Å². The number of hydrogen-bond donors (Lipinski definition) is 1. The van der Waals surface area contributed by atoms with Gasteiger partial charge in [0.2, 0.25) is 0 Å². The van der Waals surface area contributed by atoms with Gasteiger partial charge in [-0.2, -0.15) is 0 Å². The normalized spacial score (nSPS) is 15.0.